The molecule has 2 N–H and O–H groups in total. The summed E-state index contributed by atoms with van der Waals surface area (Å²) in [5, 5.41) is 3.80. The van der Waals surface area contributed by atoms with E-state index in [0.717, 1.165) is 0 Å². The second-order valence-corrected chi connectivity index (χ2v) is 3.75. The summed E-state index contributed by atoms with van der Waals surface area (Å²) in [5.41, 5.74) is 6.96. The molecule has 0 aliphatic carbocycles. The lowest BCUT2D eigenvalue weighted by molar-refractivity contribution is 0.432. The van der Waals surface area contributed by atoms with Gasteiger partial charge in [-0.1, -0.05) is 5.16 Å². The van der Waals surface area contributed by atoms with Crippen molar-refractivity contribution in [1.29, 1.82) is 0 Å². The molecule has 0 saturated carbocycles. The smallest absolute Gasteiger partial charge is 0.260 e. The van der Waals surface area contributed by atoms with Crippen LogP contribution >= 0.6 is 0 Å². The molecule has 94 valence electrons. The number of hydrogen-bond donors (Lipinski definition) is 1. The van der Waals surface area contributed by atoms with Crippen LogP contribution < -0.4 is 5.73 Å². The summed E-state index contributed by atoms with van der Waals surface area (Å²) < 4.78 is 18.1. The molecule has 0 fully saturated rings. The number of hydrogen-bond acceptors (Lipinski definition) is 6. The summed E-state index contributed by atoms with van der Waals surface area (Å²) >= 11 is 0. The van der Waals surface area contributed by atoms with Gasteiger partial charge in [-0.3, -0.25) is 0 Å². The van der Waals surface area contributed by atoms with E-state index in [-0.39, 0.29) is 11.6 Å². The zero-order valence-corrected chi connectivity index (χ0v) is 9.62. The van der Waals surface area contributed by atoms with E-state index in [2.05, 4.69) is 20.1 Å². The van der Waals surface area contributed by atoms with Crippen LogP contribution in [0.25, 0.3) is 23.0 Å². The molecule has 0 aliphatic heterocycles. The average molecular weight is 257 g/mol. The number of aromatic nitrogens is 4. The number of nitrogens with two attached hydrogens (primary N) is 1. The molecular weight excluding hydrogens is 249 g/mol. The summed E-state index contributed by atoms with van der Waals surface area (Å²) in [5.74, 6) is 0.115. The Morgan fingerprint density at radius 2 is 2.11 bits per heavy atom. The average Bonchev–Trinajstić information content (AvgIpc) is 2.89. The van der Waals surface area contributed by atoms with Crippen molar-refractivity contribution in [3.05, 3.63) is 42.6 Å². The van der Waals surface area contributed by atoms with E-state index < -0.39 is 5.82 Å². The van der Waals surface area contributed by atoms with Crippen molar-refractivity contribution in [2.45, 2.75) is 0 Å². The molecule has 2 aromatic heterocycles. The van der Waals surface area contributed by atoms with Crippen LogP contribution in [0.4, 0.5) is 10.1 Å². The monoisotopic (exact) mass is 257 g/mol. The molecule has 0 atom stereocenters. The van der Waals surface area contributed by atoms with Gasteiger partial charge in [-0.2, -0.15) is 4.98 Å². The second-order valence-electron chi connectivity index (χ2n) is 3.75. The summed E-state index contributed by atoms with van der Waals surface area (Å²) in [6.07, 6.45) is 2.96. The Morgan fingerprint density at radius 3 is 2.84 bits per heavy atom. The van der Waals surface area contributed by atoms with Gasteiger partial charge < -0.3 is 10.3 Å². The fourth-order valence-electron chi connectivity index (χ4n) is 1.59. The summed E-state index contributed by atoms with van der Waals surface area (Å²) in [6.45, 7) is 0. The van der Waals surface area contributed by atoms with Crippen molar-refractivity contribution in [2.75, 3.05) is 5.73 Å². The standard InChI is InChI=1S/C12H8FN5O/c13-7-1-2-8(9(14)5-7)12-17-11(18-19-12)10-3-4-15-6-16-10/h1-6H,14H2. The molecule has 3 aromatic rings. The molecule has 1 aromatic carbocycles. The van der Waals surface area contributed by atoms with Gasteiger partial charge in [-0.05, 0) is 24.3 Å². The number of anilines is 1. The maximum atomic E-state index is 13.0. The minimum Gasteiger partial charge on any atom is -0.398 e. The van der Waals surface area contributed by atoms with Gasteiger partial charge in [0.25, 0.3) is 5.89 Å². The predicted molar refractivity (Wildman–Crippen MR) is 65.1 cm³/mol. The molecule has 0 aliphatic rings. The Kier molecular flexibility index (Phi) is 2.64. The molecule has 0 radical (unpaired) electrons. The predicted octanol–water partition coefficient (Wildman–Crippen LogP) is 1.91. The van der Waals surface area contributed by atoms with Crippen molar-refractivity contribution >= 4 is 5.69 Å². The molecule has 0 saturated heterocycles. The first kappa shape index (κ1) is 11.3. The molecule has 0 unspecified atom stereocenters. The minimum atomic E-state index is -0.420. The highest BCUT2D eigenvalue weighted by Gasteiger charge is 2.13. The molecule has 0 amide bonds. The highest BCUT2D eigenvalue weighted by atomic mass is 19.1. The topological polar surface area (TPSA) is 90.7 Å². The lowest BCUT2D eigenvalue weighted by Gasteiger charge is -1.99. The van der Waals surface area contributed by atoms with E-state index in [1.54, 1.807) is 12.3 Å². The maximum Gasteiger partial charge on any atom is 0.260 e. The molecule has 2 heterocycles. The third-order valence-electron chi connectivity index (χ3n) is 2.48. The maximum absolute atomic E-state index is 13.0. The Labute approximate surface area is 107 Å². The summed E-state index contributed by atoms with van der Waals surface area (Å²) in [7, 11) is 0. The molecule has 7 heteroatoms. The van der Waals surface area contributed by atoms with Crippen LogP contribution in [0.5, 0.6) is 0 Å². The third kappa shape index (κ3) is 2.13. The Balaban J connectivity index is 2.02. The quantitative estimate of drug-likeness (QED) is 0.705. The molecule has 0 spiro atoms. The largest absolute Gasteiger partial charge is 0.398 e. The number of nitrogens with zero attached hydrogens (tertiary/aromatic N) is 4. The van der Waals surface area contributed by atoms with E-state index in [4.69, 9.17) is 10.3 Å². The number of benzene rings is 1. The molecule has 19 heavy (non-hydrogen) atoms. The zero-order valence-electron chi connectivity index (χ0n) is 9.62. The molecule has 0 bridgehead atoms. The second kappa shape index (κ2) is 4.45. The SMILES string of the molecule is Nc1cc(F)ccc1-c1nc(-c2ccncn2)no1. The van der Waals surface area contributed by atoms with Crippen LogP contribution in [0.2, 0.25) is 0 Å². The highest BCUT2D eigenvalue weighted by Crippen LogP contribution is 2.26. The Hall–Kier alpha value is -2.83. The first-order valence-electron chi connectivity index (χ1n) is 5.39. The van der Waals surface area contributed by atoms with Crippen molar-refractivity contribution in [2.24, 2.45) is 0 Å². The lowest BCUT2D eigenvalue weighted by Crippen LogP contribution is -1.91. The van der Waals surface area contributed by atoms with Crippen molar-refractivity contribution in [1.82, 2.24) is 20.1 Å². The fourth-order valence-corrected chi connectivity index (χ4v) is 1.59. The van der Waals surface area contributed by atoms with Gasteiger partial charge in [0.1, 0.15) is 17.8 Å². The van der Waals surface area contributed by atoms with Gasteiger partial charge in [0.2, 0.25) is 5.82 Å². The van der Waals surface area contributed by atoms with Crippen LogP contribution in [-0.4, -0.2) is 20.1 Å². The van der Waals surface area contributed by atoms with Crippen LogP contribution in [-0.2, 0) is 0 Å². The van der Waals surface area contributed by atoms with E-state index >= 15 is 0 Å². The molecule has 3 rings (SSSR count). The van der Waals surface area contributed by atoms with Crippen LogP contribution in [0, 0.1) is 5.82 Å². The van der Waals surface area contributed by atoms with Crippen LogP contribution in [0.15, 0.2) is 41.3 Å². The normalized spacial score (nSPS) is 10.6. The first-order chi connectivity index (χ1) is 9.24. The van der Waals surface area contributed by atoms with Gasteiger partial charge in [-0.25, -0.2) is 14.4 Å². The van der Waals surface area contributed by atoms with Gasteiger partial charge in [-0.15, -0.1) is 0 Å². The van der Waals surface area contributed by atoms with Gasteiger partial charge in [0.15, 0.2) is 0 Å². The van der Waals surface area contributed by atoms with Gasteiger partial charge >= 0.3 is 0 Å². The third-order valence-corrected chi connectivity index (χ3v) is 2.48. The molecular formula is C12H8FN5O. The van der Waals surface area contributed by atoms with E-state index in [1.165, 1.54) is 24.5 Å². The minimum absolute atomic E-state index is 0.214. The fraction of sp³-hybridized carbons (Fsp3) is 0. The van der Waals surface area contributed by atoms with Crippen molar-refractivity contribution in [3.8, 4) is 23.0 Å². The van der Waals surface area contributed by atoms with E-state index in [0.29, 0.717) is 17.1 Å². The van der Waals surface area contributed by atoms with E-state index in [1.807, 2.05) is 0 Å². The van der Waals surface area contributed by atoms with E-state index in [9.17, 15) is 4.39 Å². The first-order valence-corrected chi connectivity index (χ1v) is 5.39. The number of halogens is 1. The Morgan fingerprint density at radius 1 is 1.21 bits per heavy atom. The molecule has 6 nitrogen and oxygen atoms in total. The van der Waals surface area contributed by atoms with Crippen molar-refractivity contribution in [3.63, 3.8) is 0 Å². The lowest BCUT2D eigenvalue weighted by atomic mass is 10.2. The summed E-state index contributed by atoms with van der Waals surface area (Å²) in [4.78, 5) is 12.0. The summed E-state index contributed by atoms with van der Waals surface area (Å²) in [6, 6.07) is 5.62. The van der Waals surface area contributed by atoms with Crippen LogP contribution in [0.1, 0.15) is 0 Å². The van der Waals surface area contributed by atoms with Crippen LogP contribution in [0.3, 0.4) is 0 Å². The number of rotatable bonds is 2. The van der Waals surface area contributed by atoms with Gasteiger partial charge in [0.05, 0.1) is 5.56 Å². The van der Waals surface area contributed by atoms with Gasteiger partial charge in [0, 0.05) is 11.9 Å². The zero-order chi connectivity index (χ0) is 13.2. The highest BCUT2D eigenvalue weighted by molar-refractivity contribution is 5.71. The Bertz CT molecular complexity index is 713. The number of nitrogen functional groups attached to an aromatic ring is 1. The van der Waals surface area contributed by atoms with Crippen molar-refractivity contribution < 1.29 is 8.91 Å².